The van der Waals surface area contributed by atoms with E-state index in [0.717, 1.165) is 0 Å². The average molecular weight is 292 g/mol. The number of carbonyl (C=O) groups is 2. The summed E-state index contributed by atoms with van der Waals surface area (Å²) in [6.45, 7) is 0.00353. The summed E-state index contributed by atoms with van der Waals surface area (Å²) in [7, 11) is 1.25. The van der Waals surface area contributed by atoms with Crippen molar-refractivity contribution in [3.63, 3.8) is 0 Å². The van der Waals surface area contributed by atoms with E-state index in [2.05, 4.69) is 30.3 Å². The molecule has 0 aliphatic rings. The van der Waals surface area contributed by atoms with Crippen molar-refractivity contribution < 1.29 is 19.4 Å². The van der Waals surface area contributed by atoms with Gasteiger partial charge in [-0.25, -0.2) is 14.5 Å². The van der Waals surface area contributed by atoms with E-state index in [0.29, 0.717) is 11.5 Å². The number of nitrogens with zero attached hydrogens (tertiary/aromatic N) is 5. The summed E-state index contributed by atoms with van der Waals surface area (Å²) in [6.07, 6.45) is 4.23. The molecule has 0 aromatic carbocycles. The van der Waals surface area contributed by atoms with Crippen LogP contribution in [0.3, 0.4) is 0 Å². The van der Waals surface area contributed by atoms with Gasteiger partial charge in [0.1, 0.15) is 18.1 Å². The number of carboxylic acid groups (broad SMARTS) is 1. The summed E-state index contributed by atoms with van der Waals surface area (Å²) in [4.78, 5) is 29.7. The van der Waals surface area contributed by atoms with Crippen molar-refractivity contribution in [3.05, 3.63) is 30.0 Å². The number of methoxy groups -OCH3 is 1. The van der Waals surface area contributed by atoms with Crippen LogP contribution in [0.5, 0.6) is 0 Å². The van der Waals surface area contributed by atoms with Gasteiger partial charge in [-0.1, -0.05) is 5.21 Å². The molecule has 110 valence electrons. The maximum atomic E-state index is 11.3. The van der Waals surface area contributed by atoms with E-state index in [1.807, 2.05) is 0 Å². The zero-order chi connectivity index (χ0) is 15.2. The maximum absolute atomic E-state index is 11.3. The lowest BCUT2D eigenvalue weighted by Crippen LogP contribution is -2.09. The number of esters is 1. The van der Waals surface area contributed by atoms with Crippen molar-refractivity contribution in [1.82, 2.24) is 25.0 Å². The van der Waals surface area contributed by atoms with Crippen molar-refractivity contribution >= 4 is 17.8 Å². The lowest BCUT2D eigenvalue weighted by molar-refractivity contribution is -0.137. The molecule has 0 aliphatic carbocycles. The number of carbonyl (C=O) groups excluding carboxylic acids is 1. The SMILES string of the molecule is COC(=O)c1cncc(NCc2cn(CC(=O)O)nn2)n1. The van der Waals surface area contributed by atoms with E-state index in [-0.39, 0.29) is 18.8 Å². The molecule has 0 saturated carbocycles. The molecular weight excluding hydrogens is 280 g/mol. The number of aliphatic carboxylic acids is 1. The third-order valence-corrected chi connectivity index (χ3v) is 2.36. The van der Waals surface area contributed by atoms with Crippen molar-refractivity contribution in [3.8, 4) is 0 Å². The molecular formula is C11H12N6O4. The Labute approximate surface area is 118 Å². The summed E-state index contributed by atoms with van der Waals surface area (Å²) in [6, 6.07) is 0. The van der Waals surface area contributed by atoms with Gasteiger partial charge in [0.15, 0.2) is 5.69 Å². The van der Waals surface area contributed by atoms with Crippen molar-refractivity contribution in [1.29, 1.82) is 0 Å². The van der Waals surface area contributed by atoms with Gasteiger partial charge in [-0.2, -0.15) is 0 Å². The topological polar surface area (TPSA) is 132 Å². The third kappa shape index (κ3) is 3.96. The predicted octanol–water partition coefficient (Wildman–Crippen LogP) is -0.449. The van der Waals surface area contributed by atoms with E-state index in [1.54, 1.807) is 0 Å². The van der Waals surface area contributed by atoms with Crippen LogP contribution in [0.25, 0.3) is 0 Å². The second-order valence-corrected chi connectivity index (χ2v) is 3.94. The number of hydrogen-bond acceptors (Lipinski definition) is 8. The Morgan fingerprint density at radius 2 is 2.24 bits per heavy atom. The Bertz CT molecular complexity index is 656. The van der Waals surface area contributed by atoms with Gasteiger partial charge in [-0.15, -0.1) is 5.10 Å². The zero-order valence-electron chi connectivity index (χ0n) is 11.1. The van der Waals surface area contributed by atoms with Gasteiger partial charge in [0.05, 0.1) is 32.2 Å². The smallest absolute Gasteiger partial charge is 0.358 e. The summed E-state index contributed by atoms with van der Waals surface area (Å²) < 4.78 is 5.75. The first-order valence-corrected chi connectivity index (χ1v) is 5.83. The maximum Gasteiger partial charge on any atom is 0.358 e. The van der Waals surface area contributed by atoms with Gasteiger partial charge >= 0.3 is 11.9 Å². The first-order valence-electron chi connectivity index (χ1n) is 5.83. The molecule has 0 aliphatic heterocycles. The molecule has 10 heteroatoms. The van der Waals surface area contributed by atoms with Gasteiger partial charge in [-0.3, -0.25) is 9.78 Å². The Balaban J connectivity index is 1.98. The molecule has 0 amide bonds. The van der Waals surface area contributed by atoms with E-state index < -0.39 is 11.9 Å². The van der Waals surface area contributed by atoms with Crippen LogP contribution >= 0.6 is 0 Å². The Hall–Kier alpha value is -3.04. The van der Waals surface area contributed by atoms with Crippen molar-refractivity contribution in [2.75, 3.05) is 12.4 Å². The number of rotatable bonds is 6. The third-order valence-electron chi connectivity index (χ3n) is 2.36. The van der Waals surface area contributed by atoms with E-state index in [4.69, 9.17) is 5.11 Å². The molecule has 2 aromatic rings. The summed E-state index contributed by atoms with van der Waals surface area (Å²) in [5, 5.41) is 19.0. The summed E-state index contributed by atoms with van der Waals surface area (Å²) >= 11 is 0. The highest BCUT2D eigenvalue weighted by molar-refractivity contribution is 5.87. The molecule has 0 bridgehead atoms. The highest BCUT2D eigenvalue weighted by Crippen LogP contribution is 2.05. The first kappa shape index (κ1) is 14.4. The largest absolute Gasteiger partial charge is 0.480 e. The lowest BCUT2D eigenvalue weighted by Gasteiger charge is -2.04. The molecule has 0 unspecified atom stereocenters. The van der Waals surface area contributed by atoms with Crippen LogP contribution in [0.15, 0.2) is 18.6 Å². The fourth-order valence-electron chi connectivity index (χ4n) is 1.47. The number of carboxylic acids is 1. The summed E-state index contributed by atoms with van der Waals surface area (Å²) in [5.41, 5.74) is 0.610. The normalized spacial score (nSPS) is 10.1. The minimum absolute atomic E-state index is 0.0806. The van der Waals surface area contributed by atoms with E-state index >= 15 is 0 Å². The van der Waals surface area contributed by atoms with Crippen LogP contribution in [0.4, 0.5) is 5.82 Å². The predicted molar refractivity (Wildman–Crippen MR) is 68.4 cm³/mol. The van der Waals surface area contributed by atoms with Gasteiger partial charge in [0.2, 0.25) is 0 Å². The molecule has 0 spiro atoms. The Morgan fingerprint density at radius 1 is 1.43 bits per heavy atom. The molecule has 0 saturated heterocycles. The number of ether oxygens (including phenoxy) is 1. The van der Waals surface area contributed by atoms with Crippen LogP contribution in [0.2, 0.25) is 0 Å². The average Bonchev–Trinajstić information content (AvgIpc) is 2.91. The summed E-state index contributed by atoms with van der Waals surface area (Å²) in [5.74, 6) is -1.22. The molecule has 2 aromatic heterocycles. The second-order valence-electron chi connectivity index (χ2n) is 3.94. The zero-order valence-corrected chi connectivity index (χ0v) is 11.1. The molecule has 10 nitrogen and oxygen atoms in total. The number of anilines is 1. The van der Waals surface area contributed by atoms with Crippen LogP contribution in [0.1, 0.15) is 16.2 Å². The number of nitrogens with one attached hydrogen (secondary N) is 1. The van der Waals surface area contributed by atoms with E-state index in [9.17, 15) is 9.59 Å². The number of hydrogen-bond donors (Lipinski definition) is 2. The molecule has 2 heterocycles. The quantitative estimate of drug-likeness (QED) is 0.679. The van der Waals surface area contributed by atoms with Crippen LogP contribution in [-0.4, -0.2) is 49.1 Å². The lowest BCUT2D eigenvalue weighted by atomic mass is 10.4. The van der Waals surface area contributed by atoms with Crippen LogP contribution < -0.4 is 5.32 Å². The molecule has 0 fully saturated rings. The first-order chi connectivity index (χ1) is 10.1. The van der Waals surface area contributed by atoms with Gasteiger partial charge < -0.3 is 15.2 Å². The molecule has 0 radical (unpaired) electrons. The monoisotopic (exact) mass is 292 g/mol. The molecule has 2 rings (SSSR count). The minimum atomic E-state index is -1.00. The Morgan fingerprint density at radius 3 is 2.95 bits per heavy atom. The van der Waals surface area contributed by atoms with Gasteiger partial charge in [0, 0.05) is 0 Å². The molecule has 2 N–H and O–H groups in total. The van der Waals surface area contributed by atoms with E-state index in [1.165, 1.54) is 30.4 Å². The minimum Gasteiger partial charge on any atom is -0.480 e. The molecule has 21 heavy (non-hydrogen) atoms. The highest BCUT2D eigenvalue weighted by atomic mass is 16.5. The van der Waals surface area contributed by atoms with Crippen LogP contribution in [-0.2, 0) is 22.6 Å². The fourth-order valence-corrected chi connectivity index (χ4v) is 1.47. The second kappa shape index (κ2) is 6.41. The standard InChI is InChI=1S/C11H12N6O4/c1-21-11(20)8-3-12-4-9(14-8)13-2-7-5-17(16-15-7)6-10(18)19/h3-5H,2,6H2,1H3,(H,13,14)(H,18,19). The van der Waals surface area contributed by atoms with Gasteiger partial charge in [0.25, 0.3) is 0 Å². The fraction of sp³-hybridized carbons (Fsp3) is 0.273. The van der Waals surface area contributed by atoms with Crippen LogP contribution in [0, 0.1) is 0 Å². The highest BCUT2D eigenvalue weighted by Gasteiger charge is 2.09. The van der Waals surface area contributed by atoms with Gasteiger partial charge in [-0.05, 0) is 0 Å². The Kier molecular flexibility index (Phi) is 4.39. The van der Waals surface area contributed by atoms with Crippen molar-refractivity contribution in [2.45, 2.75) is 13.1 Å². The molecule has 0 atom stereocenters. The number of aromatic nitrogens is 5. The van der Waals surface area contributed by atoms with Crippen molar-refractivity contribution in [2.24, 2.45) is 0 Å².